The second kappa shape index (κ2) is 6.71. The lowest BCUT2D eigenvalue weighted by Crippen LogP contribution is -2.44. The van der Waals surface area contributed by atoms with E-state index in [2.05, 4.69) is 4.72 Å². The summed E-state index contributed by atoms with van der Waals surface area (Å²) in [4.78, 5) is 36.3. The molecule has 0 spiro atoms. The summed E-state index contributed by atoms with van der Waals surface area (Å²) in [5.41, 5.74) is 0.590. The highest BCUT2D eigenvalue weighted by Crippen LogP contribution is 2.29. The molecule has 27 heavy (non-hydrogen) atoms. The molecule has 0 aromatic heterocycles. The molecule has 140 valence electrons. The fourth-order valence-electron chi connectivity index (χ4n) is 2.95. The summed E-state index contributed by atoms with van der Waals surface area (Å²) in [6, 6.07) is 8.61. The van der Waals surface area contributed by atoms with Crippen LogP contribution in [0.15, 0.2) is 47.4 Å². The van der Waals surface area contributed by atoms with Crippen molar-refractivity contribution in [2.24, 2.45) is 5.92 Å². The Morgan fingerprint density at radius 3 is 1.96 bits per heavy atom. The average molecular weight is 387 g/mol. The first kappa shape index (κ1) is 18.9. The van der Waals surface area contributed by atoms with E-state index < -0.39 is 33.7 Å². The van der Waals surface area contributed by atoms with Gasteiger partial charge in [-0.15, -0.1) is 0 Å². The third kappa shape index (κ3) is 3.29. The minimum atomic E-state index is -4.20. The number of sulfonamides is 1. The minimum Gasteiger partial charge on any atom is -0.480 e. The Bertz CT molecular complexity index is 1070. The fourth-order valence-corrected chi connectivity index (χ4v) is 4.32. The maximum absolute atomic E-state index is 12.7. The smallest absolute Gasteiger partial charge is 0.322 e. The summed E-state index contributed by atoms with van der Waals surface area (Å²) in [6.45, 7) is 3.15. The lowest BCUT2D eigenvalue weighted by atomic mass is 9.84. The van der Waals surface area contributed by atoms with Crippen LogP contribution in [0.2, 0.25) is 0 Å². The molecule has 0 radical (unpaired) electrons. The predicted molar refractivity (Wildman–Crippen MR) is 96.3 cm³/mol. The summed E-state index contributed by atoms with van der Waals surface area (Å²) in [5, 5.41) is 9.21. The van der Waals surface area contributed by atoms with Crippen molar-refractivity contribution in [3.05, 3.63) is 64.7 Å². The van der Waals surface area contributed by atoms with Crippen LogP contribution in [-0.2, 0) is 14.8 Å². The van der Waals surface area contributed by atoms with Crippen LogP contribution in [0.25, 0.3) is 0 Å². The van der Waals surface area contributed by atoms with E-state index in [0.29, 0.717) is 0 Å². The largest absolute Gasteiger partial charge is 0.480 e. The molecule has 2 aromatic rings. The van der Waals surface area contributed by atoms with E-state index in [0.717, 1.165) is 6.07 Å². The summed E-state index contributed by atoms with van der Waals surface area (Å²) in [7, 11) is -4.20. The van der Waals surface area contributed by atoms with Crippen molar-refractivity contribution < 1.29 is 27.9 Å². The van der Waals surface area contributed by atoms with Gasteiger partial charge in [0.2, 0.25) is 10.0 Å². The number of hydrogen-bond donors (Lipinski definition) is 2. The maximum Gasteiger partial charge on any atom is 0.322 e. The molecule has 1 unspecified atom stereocenters. The molecular formula is C19H17NO6S. The third-order valence-electron chi connectivity index (χ3n) is 4.42. The zero-order valence-electron chi connectivity index (χ0n) is 14.6. The molecule has 0 saturated carbocycles. The van der Waals surface area contributed by atoms with Crippen molar-refractivity contribution in [3.63, 3.8) is 0 Å². The van der Waals surface area contributed by atoms with E-state index in [1.54, 1.807) is 32.0 Å². The van der Waals surface area contributed by atoms with Crippen molar-refractivity contribution in [1.29, 1.82) is 0 Å². The first-order valence-corrected chi connectivity index (χ1v) is 9.69. The average Bonchev–Trinajstić information content (AvgIpc) is 2.63. The number of carboxylic acid groups (broad SMARTS) is 1. The van der Waals surface area contributed by atoms with Crippen LogP contribution in [-0.4, -0.2) is 37.1 Å². The highest BCUT2D eigenvalue weighted by atomic mass is 32.2. The Balaban J connectivity index is 2.05. The van der Waals surface area contributed by atoms with E-state index in [4.69, 9.17) is 0 Å². The standard InChI is InChI=1S/C19H17NO6S/c1-10(2)16(19(23)24)20-27(25,26)11-7-8-14-15(9-11)18(22)13-6-4-3-5-12(13)17(14)21/h3-10,16,20H,1-2H3,(H,23,24). The molecule has 0 fully saturated rings. The fraction of sp³-hybridized carbons (Fsp3) is 0.211. The lowest BCUT2D eigenvalue weighted by molar-refractivity contribution is -0.140. The SMILES string of the molecule is CC(C)C(NS(=O)(=O)c1ccc2c(c1)C(=O)c1ccccc1C2=O)C(=O)O. The molecule has 2 N–H and O–H groups in total. The molecule has 1 atom stereocenters. The number of hydrogen-bond acceptors (Lipinski definition) is 5. The first-order chi connectivity index (χ1) is 12.6. The van der Waals surface area contributed by atoms with E-state index in [9.17, 15) is 27.9 Å². The molecule has 0 amide bonds. The van der Waals surface area contributed by atoms with Crippen molar-refractivity contribution in [3.8, 4) is 0 Å². The van der Waals surface area contributed by atoms with E-state index >= 15 is 0 Å². The molecule has 1 aliphatic rings. The van der Waals surface area contributed by atoms with Crippen molar-refractivity contribution >= 4 is 27.6 Å². The van der Waals surface area contributed by atoms with Gasteiger partial charge in [0.1, 0.15) is 6.04 Å². The summed E-state index contributed by atoms with van der Waals surface area (Å²) in [5.74, 6) is -2.59. The molecule has 0 bridgehead atoms. The van der Waals surface area contributed by atoms with Gasteiger partial charge in [0.15, 0.2) is 11.6 Å². The van der Waals surface area contributed by atoms with Gasteiger partial charge < -0.3 is 5.11 Å². The Hall–Kier alpha value is -2.84. The van der Waals surface area contributed by atoms with Gasteiger partial charge in [0.25, 0.3) is 0 Å². The van der Waals surface area contributed by atoms with Crippen LogP contribution < -0.4 is 4.72 Å². The number of carbonyl (C=O) groups excluding carboxylic acids is 2. The van der Waals surface area contributed by atoms with E-state index in [-0.39, 0.29) is 32.9 Å². The van der Waals surface area contributed by atoms with Crippen LogP contribution in [0.3, 0.4) is 0 Å². The Labute approximate surface area is 156 Å². The van der Waals surface area contributed by atoms with E-state index in [1.165, 1.54) is 18.2 Å². The van der Waals surface area contributed by atoms with Gasteiger partial charge >= 0.3 is 5.97 Å². The Kier molecular flexibility index (Phi) is 4.71. The Morgan fingerprint density at radius 1 is 0.926 bits per heavy atom. The molecule has 0 saturated heterocycles. The third-order valence-corrected chi connectivity index (χ3v) is 5.86. The minimum absolute atomic E-state index is 0.0157. The molecule has 0 aliphatic heterocycles. The lowest BCUT2D eigenvalue weighted by Gasteiger charge is -2.20. The zero-order valence-corrected chi connectivity index (χ0v) is 15.4. The number of nitrogens with one attached hydrogen (secondary N) is 1. The second-order valence-corrected chi connectivity index (χ2v) is 8.31. The molecule has 1 aliphatic carbocycles. The van der Waals surface area contributed by atoms with E-state index in [1.807, 2.05) is 0 Å². The highest BCUT2D eigenvalue weighted by Gasteiger charge is 2.32. The van der Waals surface area contributed by atoms with Gasteiger partial charge in [-0.2, -0.15) is 4.72 Å². The van der Waals surface area contributed by atoms with Gasteiger partial charge in [-0.25, -0.2) is 8.42 Å². The number of carboxylic acids is 1. The first-order valence-electron chi connectivity index (χ1n) is 8.21. The zero-order chi connectivity index (χ0) is 19.9. The van der Waals surface area contributed by atoms with Crippen LogP contribution in [0.4, 0.5) is 0 Å². The molecule has 8 heteroatoms. The van der Waals surface area contributed by atoms with Gasteiger partial charge in [0, 0.05) is 22.3 Å². The van der Waals surface area contributed by atoms with Gasteiger partial charge in [0.05, 0.1) is 4.90 Å². The van der Waals surface area contributed by atoms with Gasteiger partial charge in [-0.05, 0) is 24.1 Å². The number of carbonyl (C=O) groups is 3. The normalized spacial score (nSPS) is 14.6. The van der Waals surface area contributed by atoms with Crippen LogP contribution >= 0.6 is 0 Å². The number of ketones is 2. The van der Waals surface area contributed by atoms with Crippen LogP contribution in [0, 0.1) is 5.92 Å². The van der Waals surface area contributed by atoms with Crippen LogP contribution in [0.5, 0.6) is 0 Å². The Morgan fingerprint density at radius 2 is 1.44 bits per heavy atom. The number of fused-ring (bicyclic) bond motifs is 2. The van der Waals surface area contributed by atoms with Crippen LogP contribution in [0.1, 0.15) is 45.7 Å². The highest BCUT2D eigenvalue weighted by molar-refractivity contribution is 7.89. The van der Waals surface area contributed by atoms with Crippen molar-refractivity contribution in [2.75, 3.05) is 0 Å². The second-order valence-electron chi connectivity index (χ2n) is 6.59. The molecule has 2 aromatic carbocycles. The van der Waals surface area contributed by atoms with Gasteiger partial charge in [-0.3, -0.25) is 14.4 Å². The van der Waals surface area contributed by atoms with Crippen molar-refractivity contribution in [1.82, 2.24) is 4.72 Å². The number of aliphatic carboxylic acids is 1. The summed E-state index contributed by atoms with van der Waals surface area (Å²) in [6.07, 6.45) is 0. The number of benzene rings is 2. The summed E-state index contributed by atoms with van der Waals surface area (Å²) < 4.78 is 27.3. The summed E-state index contributed by atoms with van der Waals surface area (Å²) >= 11 is 0. The molecular weight excluding hydrogens is 370 g/mol. The quantitative estimate of drug-likeness (QED) is 0.690. The number of rotatable bonds is 5. The topological polar surface area (TPSA) is 118 Å². The molecule has 7 nitrogen and oxygen atoms in total. The monoisotopic (exact) mass is 387 g/mol. The molecule has 0 heterocycles. The van der Waals surface area contributed by atoms with Crippen molar-refractivity contribution in [2.45, 2.75) is 24.8 Å². The van der Waals surface area contributed by atoms with Gasteiger partial charge in [-0.1, -0.05) is 38.1 Å². The predicted octanol–water partition coefficient (Wildman–Crippen LogP) is 1.85. The maximum atomic E-state index is 12.7. The molecule has 3 rings (SSSR count).